The molecule has 0 atom stereocenters. The van der Waals surface area contributed by atoms with Crippen molar-refractivity contribution < 1.29 is 22.7 Å². The molecule has 1 amide bonds. The quantitative estimate of drug-likeness (QED) is 0.299. The number of thioether (sulfide) groups is 1. The summed E-state index contributed by atoms with van der Waals surface area (Å²) in [6.07, 6.45) is -4.06. The predicted octanol–water partition coefficient (Wildman–Crippen LogP) is 4.15. The molecular formula is C17H12F3N7O2S3. The van der Waals surface area contributed by atoms with Crippen LogP contribution in [-0.4, -0.2) is 43.2 Å². The molecule has 0 aliphatic heterocycles. The van der Waals surface area contributed by atoms with Gasteiger partial charge in [0.25, 0.3) is 5.91 Å². The van der Waals surface area contributed by atoms with Crippen molar-refractivity contribution in [1.82, 2.24) is 30.2 Å². The number of thiophene rings is 1. The number of carbonyl (C=O) groups is 1. The van der Waals surface area contributed by atoms with Crippen LogP contribution in [0.15, 0.2) is 40.2 Å². The number of amides is 1. The zero-order valence-corrected chi connectivity index (χ0v) is 18.5. The summed E-state index contributed by atoms with van der Waals surface area (Å²) in [5, 5.41) is 23.2. The Morgan fingerprint density at radius 3 is 2.72 bits per heavy atom. The number of methoxy groups -OCH3 is 1. The Balaban J connectivity index is 1.54. The van der Waals surface area contributed by atoms with Crippen LogP contribution < -0.4 is 10.1 Å². The van der Waals surface area contributed by atoms with Gasteiger partial charge in [0, 0.05) is 16.7 Å². The molecule has 32 heavy (non-hydrogen) atoms. The maximum absolute atomic E-state index is 13.8. The third kappa shape index (κ3) is 4.89. The summed E-state index contributed by atoms with van der Waals surface area (Å²) in [7, 11) is 1.35. The Bertz CT molecular complexity index is 1210. The first-order valence-corrected chi connectivity index (χ1v) is 11.4. The average Bonchev–Trinajstić information content (AvgIpc) is 3.52. The van der Waals surface area contributed by atoms with E-state index in [1.54, 1.807) is 11.3 Å². The molecule has 1 N–H and O–H groups in total. The van der Waals surface area contributed by atoms with E-state index in [1.807, 2.05) is 17.5 Å². The first kappa shape index (κ1) is 22.2. The Kier molecular flexibility index (Phi) is 6.38. The molecule has 0 spiro atoms. The number of nitrogens with one attached hydrogen (secondary N) is 1. The molecule has 0 aliphatic rings. The highest BCUT2D eigenvalue weighted by Crippen LogP contribution is 2.34. The zero-order valence-electron chi connectivity index (χ0n) is 16.0. The van der Waals surface area contributed by atoms with Crippen molar-refractivity contribution in [3.05, 3.63) is 52.0 Å². The zero-order chi connectivity index (χ0) is 22.7. The van der Waals surface area contributed by atoms with Gasteiger partial charge in [0.05, 0.1) is 18.9 Å². The van der Waals surface area contributed by atoms with Crippen molar-refractivity contribution in [3.8, 4) is 11.7 Å². The molecule has 166 valence electrons. The molecule has 0 bridgehead atoms. The third-order valence-electron chi connectivity index (χ3n) is 3.88. The van der Waals surface area contributed by atoms with Crippen molar-refractivity contribution in [2.75, 3.05) is 12.4 Å². The van der Waals surface area contributed by atoms with Gasteiger partial charge in [0.15, 0.2) is 15.9 Å². The monoisotopic (exact) mass is 499 g/mol. The summed E-state index contributed by atoms with van der Waals surface area (Å²) in [4.78, 5) is 13.7. The molecule has 0 saturated carbocycles. The molecule has 0 aliphatic carbocycles. The molecule has 0 fully saturated rings. The van der Waals surface area contributed by atoms with Gasteiger partial charge in [0.2, 0.25) is 11.0 Å². The van der Waals surface area contributed by atoms with Gasteiger partial charge in [0.1, 0.15) is 0 Å². The number of ether oxygens (including phenoxy) is 1. The van der Waals surface area contributed by atoms with E-state index in [9.17, 15) is 18.0 Å². The summed E-state index contributed by atoms with van der Waals surface area (Å²) in [5.74, 6) is -0.443. The van der Waals surface area contributed by atoms with Crippen LogP contribution in [-0.2, 0) is 11.9 Å². The number of aromatic nitrogens is 6. The molecule has 15 heteroatoms. The highest BCUT2D eigenvalue weighted by Gasteiger charge is 2.41. The van der Waals surface area contributed by atoms with E-state index in [1.165, 1.54) is 31.0 Å². The molecular weight excluding hydrogens is 487 g/mol. The van der Waals surface area contributed by atoms with Crippen molar-refractivity contribution >= 4 is 45.5 Å². The van der Waals surface area contributed by atoms with Crippen LogP contribution in [0, 0.1) is 0 Å². The summed E-state index contributed by atoms with van der Waals surface area (Å²) in [6.45, 7) is 0. The number of alkyl halides is 3. The summed E-state index contributed by atoms with van der Waals surface area (Å²) in [6, 6.07) is 6.49. The van der Waals surface area contributed by atoms with E-state index in [-0.39, 0.29) is 16.8 Å². The van der Waals surface area contributed by atoms with E-state index in [2.05, 4.69) is 30.8 Å². The molecule has 4 heterocycles. The first-order chi connectivity index (χ1) is 15.3. The normalized spacial score (nSPS) is 11.5. The lowest BCUT2D eigenvalue weighted by Crippen LogP contribution is -2.21. The van der Waals surface area contributed by atoms with Gasteiger partial charge in [-0.15, -0.1) is 31.7 Å². The molecule has 4 aromatic rings. The number of nitrogens with zero attached hydrogens (tertiary/aromatic N) is 6. The van der Waals surface area contributed by atoms with E-state index in [0.29, 0.717) is 14.8 Å². The Hall–Kier alpha value is -3.04. The van der Waals surface area contributed by atoms with Gasteiger partial charge < -0.3 is 4.74 Å². The van der Waals surface area contributed by atoms with Crippen LogP contribution in [0.4, 0.5) is 18.3 Å². The maximum atomic E-state index is 13.8. The van der Waals surface area contributed by atoms with E-state index in [4.69, 9.17) is 4.74 Å². The Morgan fingerprint density at radius 1 is 1.22 bits per heavy atom. The van der Waals surface area contributed by atoms with Crippen LogP contribution in [0.3, 0.4) is 0 Å². The van der Waals surface area contributed by atoms with Gasteiger partial charge in [-0.3, -0.25) is 10.1 Å². The summed E-state index contributed by atoms with van der Waals surface area (Å²) in [5.41, 5.74) is -1.97. The lowest BCUT2D eigenvalue weighted by Gasteiger charge is -2.11. The van der Waals surface area contributed by atoms with Crippen molar-refractivity contribution in [2.45, 2.75) is 16.3 Å². The molecule has 9 nitrogen and oxygen atoms in total. The Labute approximate surface area is 190 Å². The second-order valence-electron chi connectivity index (χ2n) is 5.95. The lowest BCUT2D eigenvalue weighted by molar-refractivity contribution is -0.143. The molecule has 0 saturated heterocycles. The molecule has 4 aromatic heterocycles. The summed E-state index contributed by atoms with van der Waals surface area (Å²) < 4.78 is 47.2. The van der Waals surface area contributed by atoms with Gasteiger partial charge in [-0.05, 0) is 17.5 Å². The van der Waals surface area contributed by atoms with Gasteiger partial charge in [-0.2, -0.15) is 18.3 Å². The number of hydrogen-bond acceptors (Lipinski definition) is 10. The van der Waals surface area contributed by atoms with Crippen LogP contribution in [0.25, 0.3) is 5.82 Å². The maximum Gasteiger partial charge on any atom is 0.434 e. The molecule has 0 unspecified atom stereocenters. The number of anilines is 1. The SMILES string of the molecule is COc1ccc(-n2ncc(C(=O)Nc3nnc(SCc4cccs4)s3)c2C(F)(F)F)nn1. The second-order valence-corrected chi connectivity index (χ2v) is 9.18. The third-order valence-corrected chi connectivity index (χ3v) is 6.96. The highest BCUT2D eigenvalue weighted by atomic mass is 32.2. The summed E-state index contributed by atoms with van der Waals surface area (Å²) >= 11 is 4.08. The Morgan fingerprint density at radius 2 is 2.06 bits per heavy atom. The van der Waals surface area contributed by atoms with Crippen molar-refractivity contribution in [1.29, 1.82) is 0 Å². The minimum Gasteiger partial charge on any atom is -0.480 e. The number of carbonyl (C=O) groups excluding carboxylic acids is 1. The minimum absolute atomic E-state index is 0.0776. The smallest absolute Gasteiger partial charge is 0.434 e. The lowest BCUT2D eigenvalue weighted by atomic mass is 10.2. The number of hydrogen-bond donors (Lipinski definition) is 1. The van der Waals surface area contributed by atoms with Gasteiger partial charge >= 0.3 is 6.18 Å². The molecule has 0 radical (unpaired) electrons. The van der Waals surface area contributed by atoms with E-state index >= 15 is 0 Å². The average molecular weight is 500 g/mol. The fraction of sp³-hybridized carbons (Fsp3) is 0.176. The van der Waals surface area contributed by atoms with Crippen LogP contribution in [0.1, 0.15) is 20.9 Å². The fourth-order valence-electron chi connectivity index (χ4n) is 2.51. The number of rotatable bonds is 7. The minimum atomic E-state index is -4.88. The standard InChI is InChI=1S/C17H12F3N7O2S3/c1-29-12-5-4-11(23-24-12)27-13(17(18,19)20)10(7-21-27)14(28)22-15-25-26-16(32-15)31-8-9-3-2-6-30-9/h2-7H,8H2,1H3,(H,22,25,28). The van der Waals surface area contributed by atoms with Crippen LogP contribution in [0.2, 0.25) is 0 Å². The van der Waals surface area contributed by atoms with Gasteiger partial charge in [-0.25, -0.2) is 4.68 Å². The number of halogens is 3. The predicted molar refractivity (Wildman–Crippen MR) is 112 cm³/mol. The van der Waals surface area contributed by atoms with E-state index < -0.39 is 23.3 Å². The van der Waals surface area contributed by atoms with Crippen molar-refractivity contribution in [3.63, 3.8) is 0 Å². The van der Waals surface area contributed by atoms with E-state index in [0.717, 1.165) is 22.4 Å². The van der Waals surface area contributed by atoms with Crippen LogP contribution >= 0.6 is 34.4 Å². The largest absolute Gasteiger partial charge is 0.480 e. The molecule has 0 aromatic carbocycles. The topological polar surface area (TPSA) is 108 Å². The second kappa shape index (κ2) is 9.22. The first-order valence-electron chi connectivity index (χ1n) is 8.68. The van der Waals surface area contributed by atoms with Gasteiger partial charge in [-0.1, -0.05) is 29.2 Å². The van der Waals surface area contributed by atoms with Crippen LogP contribution in [0.5, 0.6) is 5.88 Å². The highest BCUT2D eigenvalue weighted by molar-refractivity contribution is 8.00. The van der Waals surface area contributed by atoms with Crippen molar-refractivity contribution in [2.24, 2.45) is 0 Å². The fourth-order valence-corrected chi connectivity index (χ4v) is 5.03. The molecule has 4 rings (SSSR count).